The number of nitrogens with zero attached hydrogens (tertiary/aromatic N) is 2. The number of aromatic nitrogens is 2. The van der Waals surface area contributed by atoms with Crippen molar-refractivity contribution < 1.29 is 9.90 Å². The molecule has 0 aliphatic heterocycles. The van der Waals surface area contributed by atoms with Crippen molar-refractivity contribution in [3.05, 3.63) is 52.8 Å². The standard InChI is InChI=1S/C18H25N3O2/c1-13-14(2)19-20-16(13)9-10-18(23)21(3)12-11-17(22)15-7-5-4-6-8-15/h4-8,17,22H,9-12H2,1-3H3,(H,19,20)/t17-/m0/s1. The summed E-state index contributed by atoms with van der Waals surface area (Å²) < 4.78 is 0. The molecular weight excluding hydrogens is 290 g/mol. The van der Waals surface area contributed by atoms with Crippen molar-refractivity contribution in [2.75, 3.05) is 13.6 Å². The lowest BCUT2D eigenvalue weighted by atomic mass is 10.1. The van der Waals surface area contributed by atoms with E-state index < -0.39 is 6.10 Å². The molecule has 2 N–H and O–H groups in total. The number of rotatable bonds is 7. The molecule has 0 aliphatic carbocycles. The summed E-state index contributed by atoms with van der Waals surface area (Å²) >= 11 is 0. The number of aliphatic hydroxyl groups excluding tert-OH is 1. The number of carbonyl (C=O) groups excluding carboxylic acids is 1. The zero-order chi connectivity index (χ0) is 16.8. The van der Waals surface area contributed by atoms with Crippen molar-refractivity contribution in [3.63, 3.8) is 0 Å². The number of aryl methyl sites for hydroxylation is 2. The summed E-state index contributed by atoms with van der Waals surface area (Å²) in [5.74, 6) is 0.0744. The molecule has 0 unspecified atom stereocenters. The van der Waals surface area contributed by atoms with Gasteiger partial charge in [0.2, 0.25) is 5.91 Å². The van der Waals surface area contributed by atoms with Crippen LogP contribution in [0.1, 0.15) is 41.5 Å². The number of aromatic amines is 1. The Morgan fingerprint density at radius 2 is 2.00 bits per heavy atom. The third-order valence-electron chi connectivity index (χ3n) is 4.28. The summed E-state index contributed by atoms with van der Waals surface area (Å²) in [7, 11) is 1.78. The summed E-state index contributed by atoms with van der Waals surface area (Å²) in [6.07, 6.45) is 1.07. The van der Waals surface area contributed by atoms with Gasteiger partial charge in [0.1, 0.15) is 0 Å². The molecule has 1 aromatic carbocycles. The van der Waals surface area contributed by atoms with Crippen LogP contribution in [0.2, 0.25) is 0 Å². The molecule has 124 valence electrons. The summed E-state index contributed by atoms with van der Waals surface area (Å²) in [5, 5.41) is 17.3. The normalized spacial score (nSPS) is 12.2. The average Bonchev–Trinajstić information content (AvgIpc) is 2.89. The molecule has 5 nitrogen and oxygen atoms in total. The Bertz CT molecular complexity index is 637. The molecular formula is C18H25N3O2. The molecule has 0 saturated carbocycles. The second-order valence-electron chi connectivity index (χ2n) is 5.95. The van der Waals surface area contributed by atoms with E-state index >= 15 is 0 Å². The van der Waals surface area contributed by atoms with Crippen LogP contribution in [-0.4, -0.2) is 39.7 Å². The van der Waals surface area contributed by atoms with Crippen LogP contribution in [-0.2, 0) is 11.2 Å². The highest BCUT2D eigenvalue weighted by molar-refractivity contribution is 5.76. The highest BCUT2D eigenvalue weighted by atomic mass is 16.3. The van der Waals surface area contributed by atoms with Crippen LogP contribution in [0, 0.1) is 13.8 Å². The molecule has 5 heteroatoms. The predicted molar refractivity (Wildman–Crippen MR) is 90.0 cm³/mol. The van der Waals surface area contributed by atoms with E-state index in [9.17, 15) is 9.90 Å². The second-order valence-corrected chi connectivity index (χ2v) is 5.95. The number of aliphatic hydroxyl groups is 1. The Balaban J connectivity index is 1.78. The molecule has 1 amide bonds. The molecule has 1 atom stereocenters. The summed E-state index contributed by atoms with van der Waals surface area (Å²) in [5.41, 5.74) is 4.01. The molecule has 0 fully saturated rings. The number of amides is 1. The fraction of sp³-hybridized carbons (Fsp3) is 0.444. The number of hydrogen-bond acceptors (Lipinski definition) is 3. The van der Waals surface area contributed by atoms with E-state index in [1.54, 1.807) is 11.9 Å². The molecule has 0 spiro atoms. The van der Waals surface area contributed by atoms with Crippen LogP contribution < -0.4 is 0 Å². The Morgan fingerprint density at radius 1 is 1.30 bits per heavy atom. The van der Waals surface area contributed by atoms with Crippen LogP contribution in [0.25, 0.3) is 0 Å². The summed E-state index contributed by atoms with van der Waals surface area (Å²) in [6, 6.07) is 9.53. The lowest BCUT2D eigenvalue weighted by molar-refractivity contribution is -0.130. The Morgan fingerprint density at radius 3 is 2.61 bits per heavy atom. The van der Waals surface area contributed by atoms with E-state index in [4.69, 9.17) is 0 Å². The van der Waals surface area contributed by atoms with E-state index in [0.717, 1.165) is 22.5 Å². The lowest BCUT2D eigenvalue weighted by Crippen LogP contribution is -2.29. The van der Waals surface area contributed by atoms with Gasteiger partial charge in [-0.05, 0) is 31.4 Å². The number of H-pyrrole nitrogens is 1. The van der Waals surface area contributed by atoms with Crippen molar-refractivity contribution >= 4 is 5.91 Å². The Kier molecular flexibility index (Phi) is 5.93. The smallest absolute Gasteiger partial charge is 0.222 e. The molecule has 0 bridgehead atoms. The van der Waals surface area contributed by atoms with E-state index in [2.05, 4.69) is 10.2 Å². The molecule has 1 aromatic heterocycles. The van der Waals surface area contributed by atoms with Crippen molar-refractivity contribution in [3.8, 4) is 0 Å². The minimum absolute atomic E-state index is 0.0744. The number of carbonyl (C=O) groups is 1. The number of hydrogen-bond donors (Lipinski definition) is 2. The van der Waals surface area contributed by atoms with Crippen molar-refractivity contribution in [2.45, 2.75) is 39.2 Å². The lowest BCUT2D eigenvalue weighted by Gasteiger charge is -2.19. The summed E-state index contributed by atoms with van der Waals surface area (Å²) in [4.78, 5) is 13.9. The van der Waals surface area contributed by atoms with Gasteiger partial charge in [0.25, 0.3) is 0 Å². The maximum Gasteiger partial charge on any atom is 0.222 e. The molecule has 0 saturated heterocycles. The first-order valence-corrected chi connectivity index (χ1v) is 7.96. The topological polar surface area (TPSA) is 69.2 Å². The number of nitrogens with one attached hydrogen (secondary N) is 1. The van der Waals surface area contributed by atoms with Crippen LogP contribution in [0.3, 0.4) is 0 Å². The van der Waals surface area contributed by atoms with Crippen LogP contribution in [0.4, 0.5) is 0 Å². The largest absolute Gasteiger partial charge is 0.388 e. The molecule has 1 heterocycles. The highest BCUT2D eigenvalue weighted by Gasteiger charge is 2.14. The van der Waals surface area contributed by atoms with Gasteiger partial charge in [0.15, 0.2) is 0 Å². The van der Waals surface area contributed by atoms with Gasteiger partial charge < -0.3 is 10.0 Å². The molecule has 2 rings (SSSR count). The first-order valence-electron chi connectivity index (χ1n) is 7.96. The zero-order valence-electron chi connectivity index (χ0n) is 14.0. The second kappa shape index (κ2) is 7.92. The minimum Gasteiger partial charge on any atom is -0.388 e. The van der Waals surface area contributed by atoms with Gasteiger partial charge >= 0.3 is 0 Å². The van der Waals surface area contributed by atoms with Gasteiger partial charge in [-0.25, -0.2) is 0 Å². The van der Waals surface area contributed by atoms with Crippen molar-refractivity contribution in [1.82, 2.24) is 15.1 Å². The first kappa shape index (κ1) is 17.2. The van der Waals surface area contributed by atoms with Gasteiger partial charge in [0.05, 0.1) is 11.8 Å². The zero-order valence-corrected chi connectivity index (χ0v) is 14.0. The molecule has 0 aliphatic rings. The minimum atomic E-state index is -0.539. The SMILES string of the molecule is Cc1[nH]nc(CCC(=O)N(C)CC[C@H](O)c2ccccc2)c1C. The Labute approximate surface area is 137 Å². The fourth-order valence-corrected chi connectivity index (χ4v) is 2.48. The predicted octanol–water partition coefficient (Wildman–Crippen LogP) is 2.54. The van der Waals surface area contributed by atoms with E-state index in [1.165, 1.54) is 0 Å². The third-order valence-corrected chi connectivity index (χ3v) is 4.28. The number of benzene rings is 1. The first-order chi connectivity index (χ1) is 11.0. The van der Waals surface area contributed by atoms with Gasteiger partial charge in [-0.15, -0.1) is 0 Å². The van der Waals surface area contributed by atoms with Crippen LogP contribution >= 0.6 is 0 Å². The third kappa shape index (κ3) is 4.66. The van der Waals surface area contributed by atoms with Gasteiger partial charge in [0, 0.05) is 32.1 Å². The van der Waals surface area contributed by atoms with Crippen LogP contribution in [0.15, 0.2) is 30.3 Å². The van der Waals surface area contributed by atoms with Gasteiger partial charge in [-0.3, -0.25) is 9.89 Å². The molecule has 23 heavy (non-hydrogen) atoms. The monoisotopic (exact) mass is 315 g/mol. The fourth-order valence-electron chi connectivity index (χ4n) is 2.48. The highest BCUT2D eigenvalue weighted by Crippen LogP contribution is 2.16. The van der Waals surface area contributed by atoms with E-state index in [0.29, 0.717) is 25.8 Å². The maximum absolute atomic E-state index is 12.2. The van der Waals surface area contributed by atoms with Crippen molar-refractivity contribution in [1.29, 1.82) is 0 Å². The van der Waals surface area contributed by atoms with Gasteiger partial charge in [-0.1, -0.05) is 30.3 Å². The Hall–Kier alpha value is -2.14. The van der Waals surface area contributed by atoms with Crippen molar-refractivity contribution in [2.24, 2.45) is 0 Å². The van der Waals surface area contributed by atoms with Crippen LogP contribution in [0.5, 0.6) is 0 Å². The molecule has 2 aromatic rings. The molecule has 0 radical (unpaired) electrons. The maximum atomic E-state index is 12.2. The van der Waals surface area contributed by atoms with E-state index in [-0.39, 0.29) is 5.91 Å². The summed E-state index contributed by atoms with van der Waals surface area (Å²) in [6.45, 7) is 4.52. The van der Waals surface area contributed by atoms with Gasteiger partial charge in [-0.2, -0.15) is 5.10 Å². The average molecular weight is 315 g/mol. The quantitative estimate of drug-likeness (QED) is 0.825. The van der Waals surface area contributed by atoms with E-state index in [1.807, 2.05) is 44.2 Å².